The molecule has 0 spiro atoms. The molecule has 0 unspecified atom stereocenters. The van der Waals surface area contributed by atoms with E-state index in [-0.39, 0.29) is 0 Å². The van der Waals surface area contributed by atoms with Crippen molar-refractivity contribution in [2.24, 2.45) is 0 Å². The summed E-state index contributed by atoms with van der Waals surface area (Å²) in [6, 6.07) is 4.13. The fraction of sp³-hybridized carbons (Fsp3) is 0.400. The Labute approximate surface area is 76.7 Å². The van der Waals surface area contributed by atoms with E-state index in [2.05, 4.69) is 11.4 Å². The summed E-state index contributed by atoms with van der Waals surface area (Å²) in [5.41, 5.74) is 2.54. The highest BCUT2D eigenvalue weighted by Gasteiger charge is 2.18. The van der Waals surface area contributed by atoms with E-state index in [0.29, 0.717) is 13.2 Å². The van der Waals surface area contributed by atoms with Gasteiger partial charge in [0.15, 0.2) is 11.5 Å². The van der Waals surface area contributed by atoms with E-state index < -0.39 is 0 Å². The number of benzene rings is 1. The molecule has 0 aliphatic carbocycles. The molecule has 13 heavy (non-hydrogen) atoms. The normalized spacial score (nSPS) is 17.8. The second kappa shape index (κ2) is 2.55. The summed E-state index contributed by atoms with van der Waals surface area (Å²) < 4.78 is 11.0. The molecule has 0 radical (unpaired) electrons. The zero-order chi connectivity index (χ0) is 8.67. The number of nitrogens with one attached hydrogen (secondary N) is 1. The molecule has 3 heteroatoms. The first-order valence-electron chi connectivity index (χ1n) is 4.60. The maximum absolute atomic E-state index is 5.50. The summed E-state index contributed by atoms with van der Waals surface area (Å²) in [5.74, 6) is 1.77. The molecule has 1 N–H and O–H groups in total. The van der Waals surface area contributed by atoms with Crippen LogP contribution in [0, 0.1) is 0 Å². The Morgan fingerprint density at radius 3 is 2.69 bits per heavy atom. The standard InChI is InChI=1S/C10H11NO2/c1-2-11-8-6-10-9(5-7(1)8)12-3-4-13-10/h5-6,11H,1-4H2. The maximum atomic E-state index is 5.50. The fourth-order valence-corrected chi connectivity index (χ4v) is 1.83. The topological polar surface area (TPSA) is 30.5 Å². The molecule has 0 saturated carbocycles. The number of fused-ring (bicyclic) bond motifs is 2. The number of ether oxygens (including phenoxy) is 2. The fourth-order valence-electron chi connectivity index (χ4n) is 1.83. The van der Waals surface area contributed by atoms with Crippen LogP contribution in [0.15, 0.2) is 12.1 Å². The summed E-state index contributed by atoms with van der Waals surface area (Å²) in [6.07, 6.45) is 1.09. The van der Waals surface area contributed by atoms with Crippen LogP contribution in [0.5, 0.6) is 11.5 Å². The highest BCUT2D eigenvalue weighted by atomic mass is 16.6. The first-order chi connectivity index (χ1) is 6.43. The van der Waals surface area contributed by atoms with Crippen molar-refractivity contribution in [2.75, 3.05) is 25.1 Å². The summed E-state index contributed by atoms with van der Waals surface area (Å²) in [7, 11) is 0. The Kier molecular flexibility index (Phi) is 1.39. The minimum atomic E-state index is 0.659. The zero-order valence-corrected chi connectivity index (χ0v) is 7.30. The SMILES string of the molecule is c1c2c(cc3c1OCCO3)NCC2. The van der Waals surface area contributed by atoms with Crippen molar-refractivity contribution >= 4 is 5.69 Å². The Bertz CT molecular complexity index is 316. The smallest absolute Gasteiger partial charge is 0.163 e. The van der Waals surface area contributed by atoms with Gasteiger partial charge in [-0.15, -0.1) is 0 Å². The molecule has 1 aromatic carbocycles. The number of hydrogen-bond acceptors (Lipinski definition) is 3. The average Bonchev–Trinajstić information content (AvgIpc) is 2.61. The van der Waals surface area contributed by atoms with E-state index in [4.69, 9.17) is 9.47 Å². The van der Waals surface area contributed by atoms with Gasteiger partial charge in [-0.25, -0.2) is 0 Å². The largest absolute Gasteiger partial charge is 0.486 e. The van der Waals surface area contributed by atoms with Crippen molar-refractivity contribution in [3.63, 3.8) is 0 Å². The van der Waals surface area contributed by atoms with Crippen molar-refractivity contribution in [3.8, 4) is 11.5 Å². The predicted molar refractivity (Wildman–Crippen MR) is 49.6 cm³/mol. The van der Waals surface area contributed by atoms with Gasteiger partial charge in [0.2, 0.25) is 0 Å². The Morgan fingerprint density at radius 1 is 1.08 bits per heavy atom. The van der Waals surface area contributed by atoms with Crippen molar-refractivity contribution in [2.45, 2.75) is 6.42 Å². The lowest BCUT2D eigenvalue weighted by Gasteiger charge is -2.19. The van der Waals surface area contributed by atoms with Crippen LogP contribution in [-0.2, 0) is 6.42 Å². The molecule has 1 aromatic rings. The summed E-state index contributed by atoms with van der Waals surface area (Å²) >= 11 is 0. The van der Waals surface area contributed by atoms with Gasteiger partial charge in [0, 0.05) is 18.3 Å². The predicted octanol–water partition coefficient (Wildman–Crippen LogP) is 1.43. The second-order valence-electron chi connectivity index (χ2n) is 3.33. The lowest BCUT2D eigenvalue weighted by molar-refractivity contribution is 0.171. The van der Waals surface area contributed by atoms with Crippen LogP contribution in [0.2, 0.25) is 0 Å². The third kappa shape index (κ3) is 1.03. The van der Waals surface area contributed by atoms with Crippen molar-refractivity contribution in [1.82, 2.24) is 0 Å². The van der Waals surface area contributed by atoms with Gasteiger partial charge in [-0.1, -0.05) is 0 Å². The van der Waals surface area contributed by atoms with Gasteiger partial charge >= 0.3 is 0 Å². The van der Waals surface area contributed by atoms with Gasteiger partial charge < -0.3 is 14.8 Å². The first-order valence-corrected chi connectivity index (χ1v) is 4.60. The Balaban J connectivity index is 2.11. The molecular weight excluding hydrogens is 166 g/mol. The van der Waals surface area contributed by atoms with Crippen LogP contribution in [-0.4, -0.2) is 19.8 Å². The van der Waals surface area contributed by atoms with Gasteiger partial charge in [0.05, 0.1) is 0 Å². The second-order valence-corrected chi connectivity index (χ2v) is 3.33. The Morgan fingerprint density at radius 2 is 1.85 bits per heavy atom. The molecule has 0 fully saturated rings. The summed E-state index contributed by atoms with van der Waals surface area (Å²) in [6.45, 7) is 2.35. The number of anilines is 1. The molecule has 3 nitrogen and oxygen atoms in total. The van der Waals surface area contributed by atoms with Crippen LogP contribution in [0.3, 0.4) is 0 Å². The molecule has 0 bridgehead atoms. The highest BCUT2D eigenvalue weighted by Crippen LogP contribution is 2.37. The van der Waals surface area contributed by atoms with Crippen molar-refractivity contribution < 1.29 is 9.47 Å². The Hall–Kier alpha value is -1.38. The van der Waals surface area contributed by atoms with Crippen molar-refractivity contribution in [3.05, 3.63) is 17.7 Å². The van der Waals surface area contributed by atoms with Crippen LogP contribution in [0.25, 0.3) is 0 Å². The molecule has 0 saturated heterocycles. The van der Waals surface area contributed by atoms with Crippen LogP contribution >= 0.6 is 0 Å². The van der Waals surface area contributed by atoms with E-state index in [0.717, 1.165) is 24.5 Å². The van der Waals surface area contributed by atoms with E-state index in [1.807, 2.05) is 6.07 Å². The zero-order valence-electron chi connectivity index (χ0n) is 7.30. The molecule has 2 aliphatic rings. The van der Waals surface area contributed by atoms with Gasteiger partial charge in [-0.3, -0.25) is 0 Å². The minimum absolute atomic E-state index is 0.659. The molecule has 68 valence electrons. The third-order valence-corrected chi connectivity index (χ3v) is 2.48. The molecule has 0 atom stereocenters. The van der Waals surface area contributed by atoms with E-state index >= 15 is 0 Å². The van der Waals surface area contributed by atoms with E-state index in [1.54, 1.807) is 0 Å². The minimum Gasteiger partial charge on any atom is -0.486 e. The van der Waals surface area contributed by atoms with Crippen LogP contribution in [0.4, 0.5) is 5.69 Å². The summed E-state index contributed by atoms with van der Waals surface area (Å²) in [4.78, 5) is 0. The van der Waals surface area contributed by atoms with Gasteiger partial charge in [-0.05, 0) is 18.1 Å². The monoisotopic (exact) mass is 177 g/mol. The molecule has 2 aliphatic heterocycles. The number of rotatable bonds is 0. The van der Waals surface area contributed by atoms with Crippen LogP contribution in [0.1, 0.15) is 5.56 Å². The third-order valence-electron chi connectivity index (χ3n) is 2.48. The maximum Gasteiger partial charge on any atom is 0.163 e. The lowest BCUT2D eigenvalue weighted by atomic mass is 10.1. The molecule has 0 aromatic heterocycles. The summed E-state index contributed by atoms with van der Waals surface area (Å²) in [5, 5.41) is 3.31. The molecule has 0 amide bonds. The van der Waals surface area contributed by atoms with E-state index in [9.17, 15) is 0 Å². The van der Waals surface area contributed by atoms with Gasteiger partial charge in [0.1, 0.15) is 13.2 Å². The van der Waals surface area contributed by atoms with Gasteiger partial charge in [0.25, 0.3) is 0 Å². The lowest BCUT2D eigenvalue weighted by Crippen LogP contribution is -2.15. The number of hydrogen-bond donors (Lipinski definition) is 1. The van der Waals surface area contributed by atoms with E-state index in [1.165, 1.54) is 11.3 Å². The molecule has 3 rings (SSSR count). The quantitative estimate of drug-likeness (QED) is 0.650. The highest BCUT2D eigenvalue weighted by molar-refractivity contribution is 5.63. The molecule has 2 heterocycles. The molecular formula is C10H11NO2. The van der Waals surface area contributed by atoms with Crippen molar-refractivity contribution in [1.29, 1.82) is 0 Å². The van der Waals surface area contributed by atoms with Gasteiger partial charge in [-0.2, -0.15) is 0 Å². The first kappa shape index (κ1) is 7.06. The van der Waals surface area contributed by atoms with Crippen LogP contribution < -0.4 is 14.8 Å². The average molecular weight is 177 g/mol.